The van der Waals surface area contributed by atoms with Gasteiger partial charge in [-0.05, 0) is 72.6 Å². The van der Waals surface area contributed by atoms with Gasteiger partial charge in [0, 0.05) is 15.6 Å². The minimum absolute atomic E-state index is 0.0513. The highest BCUT2D eigenvalue weighted by molar-refractivity contribution is 8.00. The van der Waals surface area contributed by atoms with E-state index in [9.17, 15) is 24.3 Å². The van der Waals surface area contributed by atoms with Gasteiger partial charge in [0.1, 0.15) is 5.25 Å². The maximum absolute atomic E-state index is 13.4. The second-order valence-electron chi connectivity index (χ2n) is 8.87. The fourth-order valence-electron chi connectivity index (χ4n) is 4.20. The molecular formula is C30H21ClN2O5S. The molecule has 4 aromatic carbocycles. The molecule has 5 rings (SSSR count). The molecule has 0 aliphatic carbocycles. The van der Waals surface area contributed by atoms with Crippen LogP contribution in [0.1, 0.15) is 47.5 Å². The average molecular weight is 557 g/mol. The van der Waals surface area contributed by atoms with Crippen LogP contribution in [0, 0.1) is 6.92 Å². The highest BCUT2D eigenvalue weighted by Gasteiger charge is 2.37. The summed E-state index contributed by atoms with van der Waals surface area (Å²) < 4.78 is 0. The van der Waals surface area contributed by atoms with Crippen LogP contribution in [-0.4, -0.2) is 28.8 Å². The molecule has 9 heteroatoms. The Morgan fingerprint density at radius 2 is 1.56 bits per heavy atom. The SMILES string of the molecule is Cc1ccc(NC(=O)[C@@H](Sc2ccc(N3C(=O)c4ccc(C(=O)O)cc4C3=O)cc2)c2ccccc2)cc1Cl. The molecule has 0 saturated carbocycles. The van der Waals surface area contributed by atoms with Crippen LogP contribution in [0.4, 0.5) is 11.4 Å². The Morgan fingerprint density at radius 1 is 0.872 bits per heavy atom. The maximum Gasteiger partial charge on any atom is 0.335 e. The Hall–Kier alpha value is -4.40. The van der Waals surface area contributed by atoms with Gasteiger partial charge in [-0.3, -0.25) is 14.4 Å². The van der Waals surface area contributed by atoms with Gasteiger partial charge in [-0.1, -0.05) is 48.0 Å². The Balaban J connectivity index is 1.38. The molecule has 1 aliphatic heterocycles. The number of carbonyl (C=O) groups excluding carboxylic acids is 3. The van der Waals surface area contributed by atoms with Crippen LogP contribution in [0.15, 0.2) is 95.9 Å². The lowest BCUT2D eigenvalue weighted by Crippen LogP contribution is -2.29. The number of carbonyl (C=O) groups is 4. The first-order valence-corrected chi connectivity index (χ1v) is 13.1. The molecule has 0 unspecified atom stereocenters. The minimum atomic E-state index is -1.18. The second-order valence-corrected chi connectivity index (χ2v) is 10.5. The summed E-state index contributed by atoms with van der Waals surface area (Å²) >= 11 is 7.55. The number of anilines is 2. The summed E-state index contributed by atoms with van der Waals surface area (Å²) in [6.07, 6.45) is 0. The fourth-order valence-corrected chi connectivity index (χ4v) is 5.40. The fraction of sp³-hybridized carbons (Fsp3) is 0.0667. The Labute approximate surface area is 233 Å². The third-order valence-electron chi connectivity index (χ3n) is 6.26. The molecule has 7 nitrogen and oxygen atoms in total. The molecule has 194 valence electrons. The van der Waals surface area contributed by atoms with Crippen molar-refractivity contribution in [1.82, 2.24) is 0 Å². The topological polar surface area (TPSA) is 104 Å². The zero-order chi connectivity index (χ0) is 27.7. The van der Waals surface area contributed by atoms with Crippen LogP contribution in [0.25, 0.3) is 0 Å². The molecule has 0 spiro atoms. The number of nitrogens with one attached hydrogen (secondary N) is 1. The molecule has 1 atom stereocenters. The molecule has 2 N–H and O–H groups in total. The lowest BCUT2D eigenvalue weighted by molar-refractivity contribution is -0.115. The monoisotopic (exact) mass is 556 g/mol. The van der Waals surface area contributed by atoms with Crippen LogP contribution in [0.3, 0.4) is 0 Å². The summed E-state index contributed by atoms with van der Waals surface area (Å²) in [5, 5.41) is 12.1. The van der Waals surface area contributed by atoms with E-state index in [2.05, 4.69) is 5.32 Å². The summed E-state index contributed by atoms with van der Waals surface area (Å²) in [4.78, 5) is 52.3. The molecule has 1 heterocycles. The lowest BCUT2D eigenvalue weighted by atomic mass is 10.1. The first-order valence-electron chi connectivity index (χ1n) is 11.9. The van der Waals surface area contributed by atoms with Crippen LogP contribution >= 0.6 is 23.4 Å². The Bertz CT molecular complexity index is 1620. The van der Waals surface area contributed by atoms with Gasteiger partial charge in [0.15, 0.2) is 0 Å². The summed E-state index contributed by atoms with van der Waals surface area (Å²) in [6, 6.07) is 25.3. The third-order valence-corrected chi connectivity index (χ3v) is 7.94. The molecule has 3 amide bonds. The number of hydrogen-bond acceptors (Lipinski definition) is 5. The quantitative estimate of drug-likeness (QED) is 0.196. The van der Waals surface area contributed by atoms with E-state index in [0.29, 0.717) is 16.4 Å². The van der Waals surface area contributed by atoms with Crippen LogP contribution in [-0.2, 0) is 4.79 Å². The smallest absolute Gasteiger partial charge is 0.335 e. The van der Waals surface area contributed by atoms with Gasteiger partial charge in [-0.2, -0.15) is 0 Å². The maximum atomic E-state index is 13.4. The molecular weight excluding hydrogens is 536 g/mol. The first-order chi connectivity index (χ1) is 18.7. The van der Waals surface area contributed by atoms with Gasteiger partial charge >= 0.3 is 5.97 Å². The number of aryl methyl sites for hydroxylation is 1. The third kappa shape index (κ3) is 5.30. The van der Waals surface area contributed by atoms with E-state index < -0.39 is 23.0 Å². The largest absolute Gasteiger partial charge is 0.478 e. The molecule has 4 aromatic rings. The number of benzene rings is 4. The summed E-state index contributed by atoms with van der Waals surface area (Å²) in [6.45, 7) is 1.88. The van der Waals surface area contributed by atoms with Crippen molar-refractivity contribution in [3.8, 4) is 0 Å². The average Bonchev–Trinajstić information content (AvgIpc) is 3.19. The minimum Gasteiger partial charge on any atom is -0.478 e. The van der Waals surface area contributed by atoms with E-state index in [0.717, 1.165) is 20.9 Å². The Kier molecular flexibility index (Phi) is 7.24. The summed E-state index contributed by atoms with van der Waals surface area (Å²) in [7, 11) is 0. The predicted molar refractivity (Wildman–Crippen MR) is 151 cm³/mol. The molecule has 0 saturated heterocycles. The van der Waals surface area contributed by atoms with Crippen molar-refractivity contribution in [1.29, 1.82) is 0 Å². The predicted octanol–water partition coefficient (Wildman–Crippen LogP) is 6.62. The van der Waals surface area contributed by atoms with Crippen molar-refractivity contribution in [3.05, 3.63) is 124 Å². The van der Waals surface area contributed by atoms with Gasteiger partial charge in [-0.15, -0.1) is 11.8 Å². The molecule has 0 bridgehead atoms. The number of aromatic carboxylic acids is 1. The van der Waals surface area contributed by atoms with Crippen molar-refractivity contribution in [2.45, 2.75) is 17.1 Å². The lowest BCUT2D eigenvalue weighted by Gasteiger charge is -2.18. The summed E-state index contributed by atoms with van der Waals surface area (Å²) in [5.74, 6) is -2.52. The van der Waals surface area contributed by atoms with Crippen molar-refractivity contribution in [3.63, 3.8) is 0 Å². The van der Waals surface area contributed by atoms with Crippen LogP contribution < -0.4 is 10.2 Å². The highest BCUT2D eigenvalue weighted by atomic mass is 35.5. The van der Waals surface area contributed by atoms with E-state index in [-0.39, 0.29) is 22.6 Å². The van der Waals surface area contributed by atoms with Crippen LogP contribution in [0.5, 0.6) is 0 Å². The summed E-state index contributed by atoms with van der Waals surface area (Å²) in [5.41, 5.74) is 2.78. The van der Waals surface area contributed by atoms with Gasteiger partial charge in [0.2, 0.25) is 5.91 Å². The van der Waals surface area contributed by atoms with Gasteiger partial charge in [-0.25, -0.2) is 9.69 Å². The number of carboxylic acid groups (broad SMARTS) is 1. The molecule has 1 aliphatic rings. The standard InChI is InChI=1S/C30H21ClN2O5S/c1-17-7-9-20(16-25(17)31)32-27(34)26(18-5-3-2-4-6-18)39-22-12-10-21(11-13-22)33-28(35)23-14-8-19(30(37)38)15-24(23)29(33)36/h2-16,26H,1H3,(H,32,34)(H,37,38)/t26-/m0/s1. The normalized spacial score (nSPS) is 13.2. The van der Waals surface area contributed by atoms with Crippen LogP contribution in [0.2, 0.25) is 5.02 Å². The molecule has 0 radical (unpaired) electrons. The number of rotatable bonds is 7. The molecule has 39 heavy (non-hydrogen) atoms. The number of amides is 3. The number of thioether (sulfide) groups is 1. The molecule has 0 aromatic heterocycles. The molecule has 0 fully saturated rings. The van der Waals surface area contributed by atoms with Crippen molar-refractivity contribution in [2.75, 3.05) is 10.2 Å². The van der Waals surface area contributed by atoms with Crippen molar-refractivity contribution < 1.29 is 24.3 Å². The van der Waals surface area contributed by atoms with E-state index in [4.69, 9.17) is 11.6 Å². The van der Waals surface area contributed by atoms with Gasteiger partial charge in [0.05, 0.1) is 22.4 Å². The zero-order valence-corrected chi connectivity index (χ0v) is 22.1. The zero-order valence-electron chi connectivity index (χ0n) is 20.6. The van der Waals surface area contributed by atoms with Crippen molar-refractivity contribution >= 4 is 58.4 Å². The number of halogens is 1. The van der Waals surface area contributed by atoms with Gasteiger partial charge < -0.3 is 10.4 Å². The first kappa shape index (κ1) is 26.2. The number of hydrogen-bond donors (Lipinski definition) is 2. The number of nitrogens with zero attached hydrogens (tertiary/aromatic N) is 1. The van der Waals surface area contributed by atoms with Crippen molar-refractivity contribution in [2.24, 2.45) is 0 Å². The number of carboxylic acids is 1. The number of imide groups is 1. The highest BCUT2D eigenvalue weighted by Crippen LogP contribution is 2.38. The van der Waals surface area contributed by atoms with E-state index in [1.54, 1.807) is 36.4 Å². The van der Waals surface area contributed by atoms with E-state index >= 15 is 0 Å². The number of fused-ring (bicyclic) bond motifs is 1. The van der Waals surface area contributed by atoms with E-state index in [1.807, 2.05) is 43.3 Å². The van der Waals surface area contributed by atoms with E-state index in [1.165, 1.54) is 30.0 Å². The Morgan fingerprint density at radius 3 is 2.23 bits per heavy atom. The van der Waals surface area contributed by atoms with Gasteiger partial charge in [0.25, 0.3) is 11.8 Å². The second kappa shape index (κ2) is 10.8.